The van der Waals surface area contributed by atoms with Gasteiger partial charge in [-0.05, 0) is 56.7 Å². The van der Waals surface area contributed by atoms with E-state index in [0.29, 0.717) is 30.0 Å². The van der Waals surface area contributed by atoms with Crippen LogP contribution in [0.3, 0.4) is 0 Å². The lowest BCUT2D eigenvalue weighted by molar-refractivity contribution is -0.384. The number of non-ortho nitro benzene ring substituents is 1. The standard InChI is InChI=1S/C22H24N4O4/c1-4-6-20-21(15(3)23-16-7-13-19(14-8-16)30-5-2)22(27)25(24-20)17-9-11-18(12-10-17)26(28)29/h7-14,24H,4-6H2,1-3H3. The van der Waals surface area contributed by atoms with Crippen molar-refractivity contribution >= 4 is 17.1 Å². The molecule has 0 unspecified atom stereocenters. The van der Waals surface area contributed by atoms with Crippen molar-refractivity contribution in [2.45, 2.75) is 33.6 Å². The molecule has 156 valence electrons. The second-order valence-corrected chi connectivity index (χ2v) is 6.75. The van der Waals surface area contributed by atoms with Crippen molar-refractivity contribution in [2.24, 2.45) is 4.99 Å². The van der Waals surface area contributed by atoms with E-state index in [0.717, 1.165) is 23.6 Å². The van der Waals surface area contributed by atoms with Crippen LogP contribution in [-0.2, 0) is 6.42 Å². The van der Waals surface area contributed by atoms with Gasteiger partial charge in [0.2, 0.25) is 0 Å². The Bertz CT molecular complexity index is 1110. The molecule has 0 saturated carbocycles. The van der Waals surface area contributed by atoms with E-state index in [1.807, 2.05) is 38.1 Å². The minimum Gasteiger partial charge on any atom is -0.494 e. The van der Waals surface area contributed by atoms with Crippen molar-refractivity contribution in [1.82, 2.24) is 9.78 Å². The normalized spacial score (nSPS) is 11.5. The summed E-state index contributed by atoms with van der Waals surface area (Å²) in [4.78, 5) is 28.2. The molecule has 2 aromatic carbocycles. The van der Waals surface area contributed by atoms with Crippen molar-refractivity contribution < 1.29 is 9.66 Å². The Morgan fingerprint density at radius 2 is 1.80 bits per heavy atom. The van der Waals surface area contributed by atoms with Gasteiger partial charge in [0.05, 0.1) is 34.2 Å². The second-order valence-electron chi connectivity index (χ2n) is 6.75. The van der Waals surface area contributed by atoms with Gasteiger partial charge in [0.1, 0.15) is 5.75 Å². The summed E-state index contributed by atoms with van der Waals surface area (Å²) >= 11 is 0. The SMILES string of the molecule is CCCc1[nH]n(-c2ccc([N+](=O)[O-])cc2)c(=O)c1C(C)=Nc1ccc(OCC)cc1. The molecule has 0 fully saturated rings. The van der Waals surface area contributed by atoms with E-state index in [4.69, 9.17) is 4.74 Å². The van der Waals surface area contributed by atoms with Crippen LogP contribution >= 0.6 is 0 Å². The number of nitro groups is 1. The van der Waals surface area contributed by atoms with Crippen LogP contribution in [0.1, 0.15) is 38.4 Å². The maximum absolute atomic E-state index is 13.2. The Kier molecular flexibility index (Phi) is 6.46. The molecule has 1 heterocycles. The van der Waals surface area contributed by atoms with Gasteiger partial charge in [-0.3, -0.25) is 25.0 Å². The van der Waals surface area contributed by atoms with E-state index in [2.05, 4.69) is 10.1 Å². The van der Waals surface area contributed by atoms with Crippen molar-refractivity contribution in [3.63, 3.8) is 0 Å². The van der Waals surface area contributed by atoms with E-state index in [1.165, 1.54) is 16.8 Å². The molecule has 0 spiro atoms. The average Bonchev–Trinajstić information content (AvgIpc) is 3.06. The Morgan fingerprint density at radius 1 is 1.13 bits per heavy atom. The smallest absolute Gasteiger partial charge is 0.280 e. The molecule has 8 nitrogen and oxygen atoms in total. The molecule has 0 amide bonds. The maximum atomic E-state index is 13.2. The zero-order valence-corrected chi connectivity index (χ0v) is 17.2. The monoisotopic (exact) mass is 408 g/mol. The highest BCUT2D eigenvalue weighted by Crippen LogP contribution is 2.20. The van der Waals surface area contributed by atoms with E-state index in [-0.39, 0.29) is 11.2 Å². The molecule has 0 aliphatic carbocycles. The number of hydrogen-bond acceptors (Lipinski definition) is 5. The van der Waals surface area contributed by atoms with Crippen LogP contribution in [0, 0.1) is 10.1 Å². The number of ether oxygens (including phenoxy) is 1. The first-order valence-electron chi connectivity index (χ1n) is 9.81. The maximum Gasteiger partial charge on any atom is 0.280 e. The van der Waals surface area contributed by atoms with E-state index >= 15 is 0 Å². The van der Waals surface area contributed by atoms with Gasteiger partial charge < -0.3 is 4.74 Å². The fourth-order valence-corrected chi connectivity index (χ4v) is 3.22. The van der Waals surface area contributed by atoms with Gasteiger partial charge in [-0.15, -0.1) is 0 Å². The van der Waals surface area contributed by atoms with Gasteiger partial charge in [0, 0.05) is 17.8 Å². The molecular weight excluding hydrogens is 384 g/mol. The zero-order valence-electron chi connectivity index (χ0n) is 17.2. The highest BCUT2D eigenvalue weighted by atomic mass is 16.6. The molecule has 3 rings (SSSR count). The van der Waals surface area contributed by atoms with Crippen molar-refractivity contribution in [1.29, 1.82) is 0 Å². The Hall–Kier alpha value is -3.68. The molecule has 0 aliphatic heterocycles. The number of benzene rings is 2. The van der Waals surface area contributed by atoms with Crippen molar-refractivity contribution in [3.8, 4) is 11.4 Å². The predicted octanol–water partition coefficient (Wildman–Crippen LogP) is 4.57. The van der Waals surface area contributed by atoms with Gasteiger partial charge in [0.25, 0.3) is 11.2 Å². The number of aromatic nitrogens is 2. The molecule has 30 heavy (non-hydrogen) atoms. The lowest BCUT2D eigenvalue weighted by Crippen LogP contribution is -2.19. The summed E-state index contributed by atoms with van der Waals surface area (Å²) in [6.07, 6.45) is 1.53. The number of aromatic amines is 1. The number of hydrogen-bond donors (Lipinski definition) is 1. The first kappa shape index (κ1) is 21.0. The topological polar surface area (TPSA) is 103 Å². The number of nitro benzene ring substituents is 1. The fraction of sp³-hybridized carbons (Fsp3) is 0.273. The molecule has 0 atom stereocenters. The molecule has 8 heteroatoms. The molecule has 0 aliphatic rings. The van der Waals surface area contributed by atoms with E-state index in [1.54, 1.807) is 19.1 Å². The molecule has 3 aromatic rings. The number of H-pyrrole nitrogens is 1. The van der Waals surface area contributed by atoms with Crippen molar-refractivity contribution in [3.05, 3.63) is 80.3 Å². The number of aryl methyl sites for hydroxylation is 1. The molecule has 0 saturated heterocycles. The lowest BCUT2D eigenvalue weighted by atomic mass is 10.1. The van der Waals surface area contributed by atoms with Gasteiger partial charge in [-0.25, -0.2) is 4.68 Å². The highest BCUT2D eigenvalue weighted by molar-refractivity contribution is 6.01. The van der Waals surface area contributed by atoms with Crippen molar-refractivity contribution in [2.75, 3.05) is 6.61 Å². The third kappa shape index (κ3) is 4.48. The molecular formula is C22H24N4O4. The minimum atomic E-state index is -0.469. The summed E-state index contributed by atoms with van der Waals surface area (Å²) in [6, 6.07) is 13.2. The third-order valence-electron chi connectivity index (χ3n) is 4.59. The van der Waals surface area contributed by atoms with Crippen LogP contribution in [-0.4, -0.2) is 27.0 Å². The van der Waals surface area contributed by atoms with Crippen LogP contribution < -0.4 is 10.3 Å². The van der Waals surface area contributed by atoms with Gasteiger partial charge in [-0.1, -0.05) is 13.3 Å². The Labute approximate surface area is 174 Å². The minimum absolute atomic E-state index is 0.0272. The largest absolute Gasteiger partial charge is 0.494 e. The van der Waals surface area contributed by atoms with E-state index in [9.17, 15) is 14.9 Å². The predicted molar refractivity (Wildman–Crippen MR) is 117 cm³/mol. The van der Waals surface area contributed by atoms with Crippen LogP contribution in [0.5, 0.6) is 5.75 Å². The Balaban J connectivity index is 2.01. The molecule has 1 aromatic heterocycles. The van der Waals surface area contributed by atoms with Crippen LogP contribution in [0.4, 0.5) is 11.4 Å². The van der Waals surface area contributed by atoms with Gasteiger partial charge in [0.15, 0.2) is 0 Å². The number of rotatable bonds is 8. The first-order valence-corrected chi connectivity index (χ1v) is 9.81. The summed E-state index contributed by atoms with van der Waals surface area (Å²) in [5.41, 5.74) is 2.89. The first-order chi connectivity index (χ1) is 14.4. The number of nitrogens with zero attached hydrogens (tertiary/aromatic N) is 3. The van der Waals surface area contributed by atoms with Crippen LogP contribution in [0.15, 0.2) is 58.3 Å². The Morgan fingerprint density at radius 3 is 2.37 bits per heavy atom. The molecule has 0 radical (unpaired) electrons. The number of aliphatic imine (C=N–C) groups is 1. The number of nitrogens with one attached hydrogen (secondary N) is 1. The summed E-state index contributed by atoms with van der Waals surface area (Å²) in [5, 5.41) is 14.0. The third-order valence-corrected chi connectivity index (χ3v) is 4.59. The quantitative estimate of drug-likeness (QED) is 0.335. The van der Waals surface area contributed by atoms with Crippen LogP contribution in [0.2, 0.25) is 0 Å². The summed E-state index contributed by atoms with van der Waals surface area (Å²) < 4.78 is 6.85. The summed E-state index contributed by atoms with van der Waals surface area (Å²) in [6.45, 7) is 6.35. The summed E-state index contributed by atoms with van der Waals surface area (Å²) in [5.74, 6) is 0.767. The second kappa shape index (κ2) is 9.21. The average molecular weight is 408 g/mol. The van der Waals surface area contributed by atoms with Crippen LogP contribution in [0.25, 0.3) is 5.69 Å². The van der Waals surface area contributed by atoms with Gasteiger partial charge >= 0.3 is 0 Å². The lowest BCUT2D eigenvalue weighted by Gasteiger charge is -2.04. The van der Waals surface area contributed by atoms with Gasteiger partial charge in [-0.2, -0.15) is 0 Å². The van der Waals surface area contributed by atoms with E-state index < -0.39 is 4.92 Å². The molecule has 0 bridgehead atoms. The molecule has 1 N–H and O–H groups in total. The highest BCUT2D eigenvalue weighted by Gasteiger charge is 2.18. The fourth-order valence-electron chi connectivity index (χ4n) is 3.22. The summed E-state index contributed by atoms with van der Waals surface area (Å²) in [7, 11) is 0. The zero-order chi connectivity index (χ0) is 21.7.